The normalized spacial score (nSPS) is 14.8. The quantitative estimate of drug-likeness (QED) is 0.814. The van der Waals surface area contributed by atoms with Crippen molar-refractivity contribution < 1.29 is 4.79 Å². The van der Waals surface area contributed by atoms with Gasteiger partial charge in [-0.05, 0) is 42.2 Å². The molecular weight excluding hydrogens is 314 g/mol. The van der Waals surface area contributed by atoms with Gasteiger partial charge in [0.1, 0.15) is 0 Å². The molecule has 0 unspecified atom stereocenters. The summed E-state index contributed by atoms with van der Waals surface area (Å²) in [6.07, 6.45) is 2.01. The van der Waals surface area contributed by atoms with Crippen LogP contribution in [0.25, 0.3) is 0 Å². The number of hydrogen-bond donors (Lipinski definition) is 0. The smallest absolute Gasteiger partial charge is 0.254 e. The molecule has 2 aromatic rings. The van der Waals surface area contributed by atoms with E-state index in [2.05, 4.69) is 34.1 Å². The molecule has 102 valence electrons. The van der Waals surface area contributed by atoms with Gasteiger partial charge in [-0.1, -0.05) is 46.3 Å². The summed E-state index contributed by atoms with van der Waals surface area (Å²) < 4.78 is 1.06. The van der Waals surface area contributed by atoms with E-state index in [0.29, 0.717) is 6.54 Å². The van der Waals surface area contributed by atoms with Gasteiger partial charge in [0, 0.05) is 23.1 Å². The summed E-state index contributed by atoms with van der Waals surface area (Å²) in [4.78, 5) is 14.6. The Morgan fingerprint density at radius 1 is 1.05 bits per heavy atom. The summed E-state index contributed by atoms with van der Waals surface area (Å²) >= 11 is 3.44. The van der Waals surface area contributed by atoms with Crippen molar-refractivity contribution in [3.05, 3.63) is 69.7 Å². The average Bonchev–Trinajstić information content (AvgIpc) is 2.62. The number of carbonyl (C=O) groups excluding carboxylic acids is 1. The molecule has 0 aliphatic carbocycles. The fraction of sp³-hybridized carbons (Fsp3) is 0.235. The number of nitrogens with zero attached hydrogens (tertiary/aromatic N) is 1. The first kappa shape index (κ1) is 13.4. The zero-order chi connectivity index (χ0) is 13.9. The molecule has 3 heteroatoms. The molecule has 0 fully saturated rings. The van der Waals surface area contributed by atoms with E-state index in [4.69, 9.17) is 0 Å². The molecule has 3 rings (SSSR count). The molecule has 0 radical (unpaired) electrons. The first-order chi connectivity index (χ1) is 9.74. The number of carbonyl (C=O) groups is 1. The molecule has 0 spiro atoms. The van der Waals surface area contributed by atoms with Crippen molar-refractivity contribution in [3.63, 3.8) is 0 Å². The standard InChI is InChI=1S/C17H16BrNO/c18-15-9-7-13(8-10-15)12-19-11-3-5-14-4-1-2-6-16(14)17(19)20/h1-2,4,6-10H,3,5,11-12H2. The van der Waals surface area contributed by atoms with Gasteiger partial charge in [-0.25, -0.2) is 0 Å². The van der Waals surface area contributed by atoms with Crippen LogP contribution in [-0.2, 0) is 13.0 Å². The molecule has 0 saturated carbocycles. The predicted molar refractivity (Wildman–Crippen MR) is 83.6 cm³/mol. The first-order valence-corrected chi connectivity index (χ1v) is 7.65. The molecule has 1 aliphatic rings. The van der Waals surface area contributed by atoms with Gasteiger partial charge in [0.05, 0.1) is 0 Å². The van der Waals surface area contributed by atoms with Gasteiger partial charge in [-0.2, -0.15) is 0 Å². The average molecular weight is 330 g/mol. The molecule has 1 heterocycles. The van der Waals surface area contributed by atoms with Crippen molar-refractivity contribution in [3.8, 4) is 0 Å². The Morgan fingerprint density at radius 2 is 1.80 bits per heavy atom. The number of rotatable bonds is 2. The summed E-state index contributed by atoms with van der Waals surface area (Å²) in [5.41, 5.74) is 3.21. The maximum Gasteiger partial charge on any atom is 0.254 e. The molecular formula is C17H16BrNO. The third kappa shape index (κ3) is 2.78. The van der Waals surface area contributed by atoms with Crippen LogP contribution in [0.1, 0.15) is 27.9 Å². The fourth-order valence-corrected chi connectivity index (χ4v) is 2.90. The van der Waals surface area contributed by atoms with Gasteiger partial charge in [0.2, 0.25) is 0 Å². The van der Waals surface area contributed by atoms with Crippen molar-refractivity contribution in [1.29, 1.82) is 0 Å². The Hall–Kier alpha value is -1.61. The lowest BCUT2D eigenvalue weighted by Crippen LogP contribution is -2.30. The largest absolute Gasteiger partial charge is 0.334 e. The monoisotopic (exact) mass is 329 g/mol. The minimum atomic E-state index is 0.154. The highest BCUT2D eigenvalue weighted by Gasteiger charge is 2.21. The Bertz CT molecular complexity index is 621. The van der Waals surface area contributed by atoms with E-state index in [1.807, 2.05) is 35.2 Å². The summed E-state index contributed by atoms with van der Waals surface area (Å²) in [7, 11) is 0. The van der Waals surface area contributed by atoms with Gasteiger partial charge < -0.3 is 4.90 Å². The molecule has 2 nitrogen and oxygen atoms in total. The van der Waals surface area contributed by atoms with Crippen LogP contribution in [0.2, 0.25) is 0 Å². The molecule has 0 aromatic heterocycles. The third-order valence-electron chi connectivity index (χ3n) is 3.70. The lowest BCUT2D eigenvalue weighted by molar-refractivity contribution is 0.0749. The molecule has 20 heavy (non-hydrogen) atoms. The van der Waals surface area contributed by atoms with Crippen LogP contribution >= 0.6 is 15.9 Å². The van der Waals surface area contributed by atoms with Gasteiger partial charge in [0.15, 0.2) is 0 Å². The number of amides is 1. The Morgan fingerprint density at radius 3 is 2.60 bits per heavy atom. The number of fused-ring (bicyclic) bond motifs is 1. The summed E-state index contributed by atoms with van der Waals surface area (Å²) in [5, 5.41) is 0. The highest BCUT2D eigenvalue weighted by molar-refractivity contribution is 9.10. The third-order valence-corrected chi connectivity index (χ3v) is 4.22. The zero-order valence-corrected chi connectivity index (χ0v) is 12.8. The van der Waals surface area contributed by atoms with E-state index in [-0.39, 0.29) is 5.91 Å². The van der Waals surface area contributed by atoms with Crippen LogP contribution in [-0.4, -0.2) is 17.4 Å². The highest BCUT2D eigenvalue weighted by atomic mass is 79.9. The topological polar surface area (TPSA) is 20.3 Å². The second-order valence-electron chi connectivity index (χ2n) is 5.11. The maximum atomic E-state index is 12.6. The Balaban J connectivity index is 1.84. The Kier molecular flexibility index (Phi) is 3.88. The highest BCUT2D eigenvalue weighted by Crippen LogP contribution is 2.20. The molecule has 0 bridgehead atoms. The molecule has 2 aromatic carbocycles. The predicted octanol–water partition coefficient (Wildman–Crippen LogP) is 4.04. The van der Waals surface area contributed by atoms with Crippen molar-refractivity contribution in [1.82, 2.24) is 4.90 Å². The summed E-state index contributed by atoms with van der Waals surface area (Å²) in [5.74, 6) is 0.154. The second-order valence-corrected chi connectivity index (χ2v) is 6.03. The number of halogens is 1. The molecule has 1 aliphatic heterocycles. The molecule has 0 saturated heterocycles. The first-order valence-electron chi connectivity index (χ1n) is 6.85. The zero-order valence-electron chi connectivity index (χ0n) is 11.2. The van der Waals surface area contributed by atoms with E-state index in [0.717, 1.165) is 29.4 Å². The van der Waals surface area contributed by atoms with Crippen LogP contribution in [0.4, 0.5) is 0 Å². The molecule has 1 amide bonds. The minimum Gasteiger partial charge on any atom is -0.334 e. The van der Waals surface area contributed by atoms with Gasteiger partial charge >= 0.3 is 0 Å². The summed E-state index contributed by atoms with van der Waals surface area (Å²) in [6, 6.07) is 16.1. The van der Waals surface area contributed by atoms with E-state index < -0.39 is 0 Å². The van der Waals surface area contributed by atoms with E-state index in [1.54, 1.807) is 0 Å². The van der Waals surface area contributed by atoms with Crippen molar-refractivity contribution >= 4 is 21.8 Å². The van der Waals surface area contributed by atoms with E-state index in [9.17, 15) is 4.79 Å². The van der Waals surface area contributed by atoms with Gasteiger partial charge in [0.25, 0.3) is 5.91 Å². The van der Waals surface area contributed by atoms with Crippen LogP contribution in [0, 0.1) is 0 Å². The minimum absolute atomic E-state index is 0.154. The number of aryl methyl sites for hydroxylation is 1. The van der Waals surface area contributed by atoms with Crippen LogP contribution in [0.15, 0.2) is 53.0 Å². The van der Waals surface area contributed by atoms with Crippen LogP contribution in [0.5, 0.6) is 0 Å². The number of benzene rings is 2. The summed E-state index contributed by atoms with van der Waals surface area (Å²) in [6.45, 7) is 1.50. The van der Waals surface area contributed by atoms with E-state index >= 15 is 0 Å². The SMILES string of the molecule is O=C1c2ccccc2CCCN1Cc1ccc(Br)cc1. The van der Waals surface area contributed by atoms with Crippen molar-refractivity contribution in [2.24, 2.45) is 0 Å². The van der Waals surface area contributed by atoms with Crippen LogP contribution in [0.3, 0.4) is 0 Å². The maximum absolute atomic E-state index is 12.6. The van der Waals surface area contributed by atoms with Gasteiger partial charge in [-0.3, -0.25) is 4.79 Å². The molecule has 0 atom stereocenters. The second kappa shape index (κ2) is 5.80. The van der Waals surface area contributed by atoms with Crippen LogP contribution < -0.4 is 0 Å². The van der Waals surface area contributed by atoms with Crippen molar-refractivity contribution in [2.75, 3.05) is 6.54 Å². The molecule has 0 N–H and O–H groups in total. The van der Waals surface area contributed by atoms with Gasteiger partial charge in [-0.15, -0.1) is 0 Å². The lowest BCUT2D eigenvalue weighted by atomic mass is 10.0. The number of hydrogen-bond acceptors (Lipinski definition) is 1. The lowest BCUT2D eigenvalue weighted by Gasteiger charge is -2.21. The fourth-order valence-electron chi connectivity index (χ4n) is 2.64. The van der Waals surface area contributed by atoms with Crippen molar-refractivity contribution in [2.45, 2.75) is 19.4 Å². The van der Waals surface area contributed by atoms with E-state index in [1.165, 1.54) is 11.1 Å². The Labute approximate surface area is 127 Å².